The van der Waals surface area contributed by atoms with E-state index in [9.17, 15) is 14.9 Å². The molecule has 1 N–H and O–H groups in total. The average Bonchev–Trinajstić information content (AvgIpc) is 2.53. The van der Waals surface area contributed by atoms with Gasteiger partial charge in [0, 0.05) is 16.6 Å². The standard InChI is InChI=1S/C17H17BrN2O4/c1-10-4-5-11(2)17(12(10)3)24-9-16(21)19-15-7-6-13(20(22)23)8-14(15)18/h4-8H,9H2,1-3H3,(H,19,21). The number of rotatable bonds is 5. The van der Waals surface area contributed by atoms with Crippen LogP contribution in [0, 0.1) is 30.9 Å². The van der Waals surface area contributed by atoms with Gasteiger partial charge >= 0.3 is 0 Å². The first kappa shape index (κ1) is 17.9. The molecular formula is C17H17BrN2O4. The van der Waals surface area contributed by atoms with Crippen LogP contribution in [0.5, 0.6) is 5.75 Å². The van der Waals surface area contributed by atoms with Crippen molar-refractivity contribution in [1.29, 1.82) is 0 Å². The fourth-order valence-electron chi connectivity index (χ4n) is 2.19. The first-order chi connectivity index (χ1) is 11.3. The van der Waals surface area contributed by atoms with Crippen LogP contribution in [0.25, 0.3) is 0 Å². The Morgan fingerprint density at radius 3 is 2.50 bits per heavy atom. The van der Waals surface area contributed by atoms with E-state index in [1.165, 1.54) is 18.2 Å². The third kappa shape index (κ3) is 4.11. The molecule has 0 heterocycles. The number of hydrogen-bond donors (Lipinski definition) is 1. The van der Waals surface area contributed by atoms with Crippen molar-refractivity contribution in [1.82, 2.24) is 0 Å². The van der Waals surface area contributed by atoms with Crippen molar-refractivity contribution in [3.05, 3.63) is 61.6 Å². The molecular weight excluding hydrogens is 376 g/mol. The molecule has 1 amide bonds. The molecule has 0 fully saturated rings. The van der Waals surface area contributed by atoms with Crippen molar-refractivity contribution in [2.45, 2.75) is 20.8 Å². The van der Waals surface area contributed by atoms with Crippen molar-refractivity contribution in [2.24, 2.45) is 0 Å². The zero-order valence-corrected chi connectivity index (χ0v) is 15.1. The number of halogens is 1. The SMILES string of the molecule is Cc1ccc(C)c(OCC(=O)Nc2ccc([N+](=O)[O-])cc2Br)c1C. The number of ether oxygens (including phenoxy) is 1. The van der Waals surface area contributed by atoms with E-state index < -0.39 is 4.92 Å². The highest BCUT2D eigenvalue weighted by Gasteiger charge is 2.13. The van der Waals surface area contributed by atoms with Gasteiger partial charge in [-0.15, -0.1) is 0 Å². The van der Waals surface area contributed by atoms with Gasteiger partial charge in [-0.1, -0.05) is 12.1 Å². The molecule has 0 unspecified atom stereocenters. The fourth-order valence-corrected chi connectivity index (χ4v) is 2.66. The normalized spacial score (nSPS) is 10.3. The van der Waals surface area contributed by atoms with Gasteiger partial charge in [-0.25, -0.2) is 0 Å². The highest BCUT2D eigenvalue weighted by atomic mass is 79.9. The second kappa shape index (κ2) is 7.44. The smallest absolute Gasteiger partial charge is 0.270 e. The van der Waals surface area contributed by atoms with Crippen LogP contribution < -0.4 is 10.1 Å². The van der Waals surface area contributed by atoms with Crippen LogP contribution in [-0.4, -0.2) is 17.4 Å². The summed E-state index contributed by atoms with van der Waals surface area (Å²) in [5.41, 5.74) is 3.45. The number of aryl methyl sites for hydroxylation is 2. The number of carbonyl (C=O) groups is 1. The molecule has 0 saturated heterocycles. The van der Waals surface area contributed by atoms with Crippen LogP contribution in [0.1, 0.15) is 16.7 Å². The molecule has 2 aromatic rings. The minimum absolute atomic E-state index is 0.0536. The van der Waals surface area contributed by atoms with E-state index in [4.69, 9.17) is 4.74 Å². The minimum Gasteiger partial charge on any atom is -0.483 e. The van der Waals surface area contributed by atoms with Gasteiger partial charge < -0.3 is 10.1 Å². The molecule has 126 valence electrons. The van der Waals surface area contributed by atoms with E-state index in [0.29, 0.717) is 15.9 Å². The number of nitro groups is 1. The second-order valence-electron chi connectivity index (χ2n) is 5.41. The molecule has 24 heavy (non-hydrogen) atoms. The summed E-state index contributed by atoms with van der Waals surface area (Å²) in [6, 6.07) is 8.10. The van der Waals surface area contributed by atoms with Crippen molar-refractivity contribution >= 4 is 33.2 Å². The maximum Gasteiger partial charge on any atom is 0.270 e. The number of nitrogens with zero attached hydrogens (tertiary/aromatic N) is 1. The number of nitro benzene ring substituents is 1. The minimum atomic E-state index is -0.497. The van der Waals surface area contributed by atoms with Crippen molar-refractivity contribution in [3.8, 4) is 5.75 Å². The summed E-state index contributed by atoms with van der Waals surface area (Å²) < 4.78 is 6.09. The Kier molecular flexibility index (Phi) is 5.56. The molecule has 0 radical (unpaired) electrons. The molecule has 6 nitrogen and oxygen atoms in total. The zero-order chi connectivity index (χ0) is 17.9. The number of nitrogens with one attached hydrogen (secondary N) is 1. The van der Waals surface area contributed by atoms with Gasteiger partial charge in [-0.2, -0.15) is 0 Å². The number of anilines is 1. The van der Waals surface area contributed by atoms with Crippen LogP contribution >= 0.6 is 15.9 Å². The van der Waals surface area contributed by atoms with Crippen LogP contribution in [0.15, 0.2) is 34.8 Å². The lowest BCUT2D eigenvalue weighted by Gasteiger charge is -2.14. The molecule has 0 spiro atoms. The largest absolute Gasteiger partial charge is 0.483 e. The topological polar surface area (TPSA) is 81.5 Å². The van der Waals surface area contributed by atoms with Gasteiger partial charge in [0.15, 0.2) is 6.61 Å². The van der Waals surface area contributed by atoms with Crippen LogP contribution in [0.3, 0.4) is 0 Å². The third-order valence-electron chi connectivity index (χ3n) is 3.66. The Morgan fingerprint density at radius 2 is 1.88 bits per heavy atom. The van der Waals surface area contributed by atoms with Crippen molar-refractivity contribution in [2.75, 3.05) is 11.9 Å². The van der Waals surface area contributed by atoms with Gasteiger partial charge in [-0.3, -0.25) is 14.9 Å². The summed E-state index contributed by atoms with van der Waals surface area (Å²) in [5.74, 6) is 0.359. The molecule has 0 atom stereocenters. The molecule has 7 heteroatoms. The second-order valence-corrected chi connectivity index (χ2v) is 6.27. The Morgan fingerprint density at radius 1 is 1.21 bits per heavy atom. The monoisotopic (exact) mass is 392 g/mol. The molecule has 2 rings (SSSR count). The number of benzene rings is 2. The number of hydrogen-bond acceptors (Lipinski definition) is 4. The average molecular weight is 393 g/mol. The molecule has 0 bridgehead atoms. The van der Waals surface area contributed by atoms with E-state index >= 15 is 0 Å². The zero-order valence-electron chi connectivity index (χ0n) is 13.6. The maximum absolute atomic E-state index is 12.1. The Balaban J connectivity index is 2.05. The van der Waals surface area contributed by atoms with Gasteiger partial charge in [0.05, 0.1) is 10.6 Å². The Bertz CT molecular complexity index is 805. The predicted molar refractivity (Wildman–Crippen MR) is 95.6 cm³/mol. The van der Waals surface area contributed by atoms with E-state index in [-0.39, 0.29) is 18.2 Å². The summed E-state index contributed by atoms with van der Waals surface area (Å²) in [5, 5.41) is 13.4. The van der Waals surface area contributed by atoms with Crippen molar-refractivity contribution < 1.29 is 14.5 Å². The lowest BCUT2D eigenvalue weighted by Crippen LogP contribution is -2.21. The molecule has 0 aliphatic heterocycles. The number of amides is 1. The Hall–Kier alpha value is -2.41. The first-order valence-corrected chi connectivity index (χ1v) is 8.02. The van der Waals surface area contributed by atoms with Gasteiger partial charge in [0.2, 0.25) is 0 Å². The third-order valence-corrected chi connectivity index (χ3v) is 4.31. The van der Waals surface area contributed by atoms with Crippen LogP contribution in [0.4, 0.5) is 11.4 Å². The molecule has 0 aliphatic carbocycles. The maximum atomic E-state index is 12.1. The van der Waals surface area contributed by atoms with Gasteiger partial charge in [0.1, 0.15) is 5.75 Å². The highest BCUT2D eigenvalue weighted by Crippen LogP contribution is 2.28. The first-order valence-electron chi connectivity index (χ1n) is 7.23. The molecule has 2 aromatic carbocycles. The van der Waals surface area contributed by atoms with Crippen LogP contribution in [-0.2, 0) is 4.79 Å². The predicted octanol–water partition coefficient (Wildman–Crippen LogP) is 4.30. The van der Waals surface area contributed by atoms with E-state index in [1.807, 2.05) is 32.9 Å². The number of non-ortho nitro benzene ring substituents is 1. The summed E-state index contributed by atoms with van der Waals surface area (Å²) >= 11 is 3.21. The Labute approximate surface area is 148 Å². The molecule has 0 aromatic heterocycles. The van der Waals surface area contributed by atoms with E-state index in [1.54, 1.807) is 0 Å². The van der Waals surface area contributed by atoms with Crippen LogP contribution in [0.2, 0.25) is 0 Å². The summed E-state index contributed by atoms with van der Waals surface area (Å²) in [6.07, 6.45) is 0. The van der Waals surface area contributed by atoms with E-state index in [2.05, 4.69) is 21.2 Å². The van der Waals surface area contributed by atoms with E-state index in [0.717, 1.165) is 16.7 Å². The van der Waals surface area contributed by atoms with Crippen molar-refractivity contribution in [3.63, 3.8) is 0 Å². The highest BCUT2D eigenvalue weighted by molar-refractivity contribution is 9.10. The lowest BCUT2D eigenvalue weighted by molar-refractivity contribution is -0.384. The number of carbonyl (C=O) groups excluding carboxylic acids is 1. The lowest BCUT2D eigenvalue weighted by atomic mass is 10.1. The molecule has 0 aliphatic rings. The summed E-state index contributed by atoms with van der Waals surface area (Å²) in [6.45, 7) is 5.71. The van der Waals surface area contributed by atoms with Gasteiger partial charge in [0.25, 0.3) is 11.6 Å². The quantitative estimate of drug-likeness (QED) is 0.607. The summed E-state index contributed by atoms with van der Waals surface area (Å²) in [7, 11) is 0. The van der Waals surface area contributed by atoms with Gasteiger partial charge in [-0.05, 0) is 59.5 Å². The molecule has 0 saturated carbocycles. The summed E-state index contributed by atoms with van der Waals surface area (Å²) in [4.78, 5) is 22.3. The fraction of sp³-hybridized carbons (Fsp3) is 0.235.